The number of rotatable bonds is 7. The number of aliphatic hydroxyl groups excluding tert-OH is 1. The van der Waals surface area contributed by atoms with E-state index < -0.39 is 35.3 Å². The van der Waals surface area contributed by atoms with Gasteiger partial charge in [-0.3, -0.25) is 4.79 Å². The number of carbonyl (C=O) groups is 2. The van der Waals surface area contributed by atoms with Crippen molar-refractivity contribution in [2.45, 2.75) is 64.6 Å². The van der Waals surface area contributed by atoms with Crippen LogP contribution in [0, 0.1) is 0 Å². The van der Waals surface area contributed by atoms with Crippen molar-refractivity contribution in [2.24, 2.45) is 0 Å². The van der Waals surface area contributed by atoms with E-state index in [4.69, 9.17) is 9.47 Å². The summed E-state index contributed by atoms with van der Waals surface area (Å²) in [6.45, 7) is 8.66. The first kappa shape index (κ1) is 23.7. The second-order valence-corrected chi connectivity index (χ2v) is 8.78. The Labute approximate surface area is 189 Å². The Morgan fingerprint density at radius 2 is 1.75 bits per heavy atom. The van der Waals surface area contributed by atoms with Crippen LogP contribution in [-0.4, -0.2) is 39.3 Å². The summed E-state index contributed by atoms with van der Waals surface area (Å²) in [5, 5.41) is 11.1. The van der Waals surface area contributed by atoms with Gasteiger partial charge in [0.15, 0.2) is 5.60 Å². The van der Waals surface area contributed by atoms with E-state index in [2.05, 4.69) is 0 Å². The molecule has 2 amide bonds. The van der Waals surface area contributed by atoms with E-state index in [0.717, 1.165) is 16.0 Å². The molecule has 32 heavy (non-hydrogen) atoms. The summed E-state index contributed by atoms with van der Waals surface area (Å²) >= 11 is 0. The molecule has 1 N–H and O–H groups in total. The normalized spacial score (nSPS) is 21.1. The van der Waals surface area contributed by atoms with Gasteiger partial charge in [0.05, 0.1) is 6.61 Å². The number of aliphatic hydroxyl groups is 1. The fourth-order valence-corrected chi connectivity index (χ4v) is 4.03. The predicted molar refractivity (Wildman–Crippen MR) is 122 cm³/mol. The average molecular weight is 438 g/mol. The van der Waals surface area contributed by atoms with Gasteiger partial charge in [0.25, 0.3) is 5.91 Å². The maximum atomic E-state index is 13.9. The Kier molecular flexibility index (Phi) is 6.86. The number of carbonyl (C=O) groups excluding carboxylic acids is 2. The molecule has 3 rings (SSSR count). The molecule has 6 heteroatoms. The molecule has 1 fully saturated rings. The molecule has 1 saturated heterocycles. The molecule has 1 heterocycles. The SMILES string of the molecule is C/C=C(\C)[C@@H](O)[C@@](C)(OCc1ccccc1)C(=O)N1C(=O)OC(C)(C)[C@H]1c1ccccc1. The fourth-order valence-electron chi connectivity index (χ4n) is 4.03. The van der Waals surface area contributed by atoms with Crippen LogP contribution in [0.25, 0.3) is 0 Å². The molecule has 0 saturated carbocycles. The predicted octanol–water partition coefficient (Wildman–Crippen LogP) is 4.79. The van der Waals surface area contributed by atoms with Crippen molar-refractivity contribution in [1.29, 1.82) is 0 Å². The number of hydrogen-bond donors (Lipinski definition) is 1. The molecule has 0 radical (unpaired) electrons. The third kappa shape index (κ3) is 4.47. The number of imide groups is 1. The van der Waals surface area contributed by atoms with Crippen LogP contribution in [0.5, 0.6) is 0 Å². The van der Waals surface area contributed by atoms with Crippen molar-refractivity contribution >= 4 is 12.0 Å². The lowest BCUT2D eigenvalue weighted by molar-refractivity contribution is -0.170. The summed E-state index contributed by atoms with van der Waals surface area (Å²) in [6, 6.07) is 18.0. The molecular formula is C26H31NO5. The summed E-state index contributed by atoms with van der Waals surface area (Å²) in [4.78, 5) is 28.0. The molecule has 1 aliphatic rings. The first-order valence-corrected chi connectivity index (χ1v) is 10.7. The Hall–Kier alpha value is -2.96. The van der Waals surface area contributed by atoms with Gasteiger partial charge in [0.1, 0.15) is 17.7 Å². The highest BCUT2D eigenvalue weighted by Gasteiger charge is 2.57. The first-order chi connectivity index (χ1) is 15.1. The topological polar surface area (TPSA) is 76.1 Å². The van der Waals surface area contributed by atoms with Crippen molar-refractivity contribution in [3.8, 4) is 0 Å². The van der Waals surface area contributed by atoms with E-state index in [0.29, 0.717) is 5.57 Å². The Balaban J connectivity index is 2.02. The summed E-state index contributed by atoms with van der Waals surface area (Å²) in [5.74, 6) is -0.647. The molecule has 0 bridgehead atoms. The maximum absolute atomic E-state index is 13.9. The average Bonchev–Trinajstić information content (AvgIpc) is 3.04. The van der Waals surface area contributed by atoms with Crippen LogP contribution in [0.3, 0.4) is 0 Å². The van der Waals surface area contributed by atoms with Gasteiger partial charge in [-0.15, -0.1) is 0 Å². The summed E-state index contributed by atoms with van der Waals surface area (Å²) in [6.07, 6.45) is -0.284. The number of nitrogens with zero attached hydrogens (tertiary/aromatic N) is 1. The number of benzene rings is 2. The molecule has 3 atom stereocenters. The maximum Gasteiger partial charge on any atom is 0.417 e. The van der Waals surface area contributed by atoms with Crippen LogP contribution >= 0.6 is 0 Å². The van der Waals surface area contributed by atoms with E-state index in [9.17, 15) is 14.7 Å². The highest BCUT2D eigenvalue weighted by Crippen LogP contribution is 2.43. The summed E-state index contributed by atoms with van der Waals surface area (Å²) in [7, 11) is 0. The Bertz CT molecular complexity index is 986. The lowest BCUT2D eigenvalue weighted by Crippen LogP contribution is -2.57. The second-order valence-electron chi connectivity index (χ2n) is 8.78. The van der Waals surface area contributed by atoms with E-state index in [1.165, 1.54) is 6.92 Å². The van der Waals surface area contributed by atoms with Gasteiger partial charge >= 0.3 is 6.09 Å². The minimum atomic E-state index is -1.71. The van der Waals surface area contributed by atoms with E-state index >= 15 is 0 Å². The van der Waals surface area contributed by atoms with Gasteiger partial charge in [0, 0.05) is 0 Å². The Morgan fingerprint density at radius 3 is 2.31 bits per heavy atom. The molecular weight excluding hydrogens is 406 g/mol. The number of allylic oxidation sites excluding steroid dienone is 1. The smallest absolute Gasteiger partial charge is 0.417 e. The molecule has 1 aliphatic heterocycles. The van der Waals surface area contributed by atoms with Crippen molar-refractivity contribution in [1.82, 2.24) is 4.90 Å². The van der Waals surface area contributed by atoms with E-state index in [1.54, 1.807) is 33.8 Å². The van der Waals surface area contributed by atoms with Gasteiger partial charge in [0.2, 0.25) is 0 Å². The van der Waals surface area contributed by atoms with Gasteiger partial charge in [-0.2, -0.15) is 0 Å². The zero-order valence-electron chi connectivity index (χ0n) is 19.2. The van der Waals surface area contributed by atoms with Crippen LogP contribution < -0.4 is 0 Å². The van der Waals surface area contributed by atoms with Gasteiger partial charge in [-0.25, -0.2) is 9.69 Å². The first-order valence-electron chi connectivity index (χ1n) is 10.7. The van der Waals surface area contributed by atoms with Crippen LogP contribution in [0.1, 0.15) is 51.8 Å². The number of hydrogen-bond acceptors (Lipinski definition) is 5. The minimum Gasteiger partial charge on any atom is -0.440 e. The van der Waals surface area contributed by atoms with Gasteiger partial charge in [-0.1, -0.05) is 66.7 Å². The van der Waals surface area contributed by atoms with Gasteiger partial charge < -0.3 is 14.6 Å². The number of ether oxygens (including phenoxy) is 2. The molecule has 0 unspecified atom stereocenters. The zero-order chi connectivity index (χ0) is 23.5. The Morgan fingerprint density at radius 1 is 1.19 bits per heavy atom. The lowest BCUT2D eigenvalue weighted by Gasteiger charge is -2.38. The van der Waals surface area contributed by atoms with Crippen LogP contribution in [-0.2, 0) is 20.9 Å². The largest absolute Gasteiger partial charge is 0.440 e. The van der Waals surface area contributed by atoms with Crippen LogP contribution in [0.15, 0.2) is 72.3 Å². The van der Waals surface area contributed by atoms with E-state index in [-0.39, 0.29) is 6.61 Å². The van der Waals surface area contributed by atoms with Crippen molar-refractivity contribution in [3.63, 3.8) is 0 Å². The fraction of sp³-hybridized carbons (Fsp3) is 0.385. The standard InChI is InChI=1S/C26H31NO5/c1-6-18(2)22(28)26(5,31-17-19-13-9-7-10-14-19)23(29)27-21(20-15-11-8-12-16-20)25(3,4)32-24(27)30/h6-16,21-22,28H,17H2,1-5H3/b18-6+/t21-,22-,26-/m1/s1. The summed E-state index contributed by atoms with van der Waals surface area (Å²) < 4.78 is 11.7. The van der Waals surface area contributed by atoms with Crippen molar-refractivity contribution < 1.29 is 24.2 Å². The van der Waals surface area contributed by atoms with Crippen molar-refractivity contribution in [3.05, 3.63) is 83.4 Å². The minimum absolute atomic E-state index is 0.0966. The number of amides is 2. The van der Waals surface area contributed by atoms with Crippen LogP contribution in [0.4, 0.5) is 4.79 Å². The quantitative estimate of drug-likeness (QED) is 0.631. The molecule has 0 aromatic heterocycles. The molecule has 0 spiro atoms. The third-order valence-electron chi connectivity index (χ3n) is 6.01. The summed E-state index contributed by atoms with van der Waals surface area (Å²) in [5.41, 5.74) is -0.481. The van der Waals surface area contributed by atoms with Gasteiger partial charge in [-0.05, 0) is 51.3 Å². The highest BCUT2D eigenvalue weighted by molar-refractivity contribution is 5.99. The number of cyclic esters (lactones) is 1. The highest BCUT2D eigenvalue weighted by atomic mass is 16.6. The molecule has 2 aromatic carbocycles. The second kappa shape index (κ2) is 9.27. The molecule has 2 aromatic rings. The zero-order valence-corrected chi connectivity index (χ0v) is 19.2. The van der Waals surface area contributed by atoms with Crippen molar-refractivity contribution in [2.75, 3.05) is 0 Å². The van der Waals surface area contributed by atoms with Crippen LogP contribution in [0.2, 0.25) is 0 Å². The molecule has 170 valence electrons. The lowest BCUT2D eigenvalue weighted by atomic mass is 9.87. The molecule has 0 aliphatic carbocycles. The van der Waals surface area contributed by atoms with E-state index in [1.807, 2.05) is 60.7 Å². The monoisotopic (exact) mass is 437 g/mol. The third-order valence-corrected chi connectivity index (χ3v) is 6.01. The molecule has 6 nitrogen and oxygen atoms in total.